The van der Waals surface area contributed by atoms with Gasteiger partial charge in [-0.15, -0.1) is 0 Å². The number of benzene rings is 1. The highest BCUT2D eigenvalue weighted by atomic mass is 16.3. The third-order valence-electron chi connectivity index (χ3n) is 6.57. The summed E-state index contributed by atoms with van der Waals surface area (Å²) in [6.45, 7) is 8.24. The van der Waals surface area contributed by atoms with E-state index in [0.717, 1.165) is 24.8 Å². The van der Waals surface area contributed by atoms with Gasteiger partial charge in [0.1, 0.15) is 11.5 Å². The van der Waals surface area contributed by atoms with Crippen molar-refractivity contribution in [3.05, 3.63) is 28.8 Å². The van der Waals surface area contributed by atoms with Crippen LogP contribution < -0.4 is 0 Å². The van der Waals surface area contributed by atoms with Gasteiger partial charge in [0.2, 0.25) is 0 Å². The van der Waals surface area contributed by atoms with Crippen molar-refractivity contribution in [3.63, 3.8) is 0 Å². The minimum atomic E-state index is -0.656. The van der Waals surface area contributed by atoms with E-state index >= 15 is 0 Å². The van der Waals surface area contributed by atoms with Gasteiger partial charge in [0.15, 0.2) is 0 Å². The Morgan fingerprint density at radius 2 is 1.96 bits per heavy atom. The average molecular weight is 316 g/mol. The summed E-state index contributed by atoms with van der Waals surface area (Å²) in [5, 5.41) is 20.4. The number of rotatable bonds is 2. The van der Waals surface area contributed by atoms with Crippen molar-refractivity contribution in [1.82, 2.24) is 0 Å². The fraction of sp³-hybridized carbons (Fsp3) is 0.650. The Morgan fingerprint density at radius 1 is 1.26 bits per heavy atom. The topological polar surface area (TPSA) is 57.5 Å². The molecule has 1 unspecified atom stereocenters. The van der Waals surface area contributed by atoms with Gasteiger partial charge >= 0.3 is 0 Å². The molecule has 3 rings (SSSR count). The number of hydrogen-bond acceptors (Lipinski definition) is 3. The second kappa shape index (κ2) is 5.34. The number of aliphatic hydroxyl groups is 1. The number of phenolic OH excluding ortho intramolecular Hbond substituents is 1. The standard InChI is InChI=1S/C20H28O3/c1-12(2)14-9-13-5-6-17-19(3,15(13)10-16(14)22)8-7-18(23)20(17,4)11-21/h9-10,12,17,21-22H,5-8,11H2,1-4H3/t17?,19-,20-/m1/s1. The zero-order chi connectivity index (χ0) is 17.0. The number of fused-ring (bicyclic) bond motifs is 3. The van der Waals surface area contributed by atoms with Crippen LogP contribution in [0.5, 0.6) is 5.75 Å². The highest BCUT2D eigenvalue weighted by Crippen LogP contribution is 2.56. The zero-order valence-electron chi connectivity index (χ0n) is 14.6. The van der Waals surface area contributed by atoms with Gasteiger partial charge in [-0.2, -0.15) is 0 Å². The highest BCUT2D eigenvalue weighted by Gasteiger charge is 2.55. The van der Waals surface area contributed by atoms with Gasteiger partial charge in [-0.25, -0.2) is 0 Å². The first kappa shape index (κ1) is 16.5. The van der Waals surface area contributed by atoms with E-state index in [1.807, 2.05) is 13.0 Å². The quantitative estimate of drug-likeness (QED) is 0.874. The lowest BCUT2D eigenvalue weighted by atomic mass is 9.49. The van der Waals surface area contributed by atoms with Crippen LogP contribution in [-0.4, -0.2) is 22.6 Å². The lowest BCUT2D eigenvalue weighted by molar-refractivity contribution is -0.142. The Bertz CT molecular complexity index is 649. The molecule has 23 heavy (non-hydrogen) atoms. The summed E-state index contributed by atoms with van der Waals surface area (Å²) < 4.78 is 0. The van der Waals surface area contributed by atoms with Crippen molar-refractivity contribution >= 4 is 5.78 Å². The van der Waals surface area contributed by atoms with Crippen molar-refractivity contribution in [3.8, 4) is 5.75 Å². The number of aryl methyl sites for hydroxylation is 1. The van der Waals surface area contributed by atoms with Gasteiger partial charge < -0.3 is 10.2 Å². The molecule has 0 amide bonds. The number of aliphatic hydroxyl groups excluding tert-OH is 1. The third-order valence-corrected chi connectivity index (χ3v) is 6.57. The van der Waals surface area contributed by atoms with Gasteiger partial charge in [0, 0.05) is 6.42 Å². The van der Waals surface area contributed by atoms with Crippen LogP contribution in [0.1, 0.15) is 69.6 Å². The minimum Gasteiger partial charge on any atom is -0.508 e. The molecule has 1 fully saturated rings. The van der Waals surface area contributed by atoms with E-state index in [1.54, 1.807) is 0 Å². The van der Waals surface area contributed by atoms with Crippen LogP contribution in [0.15, 0.2) is 12.1 Å². The van der Waals surface area contributed by atoms with Crippen LogP contribution in [0.2, 0.25) is 0 Å². The molecule has 1 aromatic rings. The molecule has 1 aromatic carbocycles. The first-order valence-electron chi connectivity index (χ1n) is 8.74. The Hall–Kier alpha value is -1.35. The van der Waals surface area contributed by atoms with Gasteiger partial charge in [0.05, 0.1) is 12.0 Å². The summed E-state index contributed by atoms with van der Waals surface area (Å²) in [4.78, 5) is 12.5. The number of hydrogen-bond donors (Lipinski definition) is 2. The summed E-state index contributed by atoms with van der Waals surface area (Å²) in [7, 11) is 0. The molecule has 3 atom stereocenters. The maximum absolute atomic E-state index is 12.5. The van der Waals surface area contributed by atoms with E-state index in [9.17, 15) is 15.0 Å². The smallest absolute Gasteiger partial charge is 0.141 e. The predicted octanol–water partition coefficient (Wildman–Crippen LogP) is 3.70. The number of ketones is 1. The number of carbonyl (C=O) groups is 1. The van der Waals surface area contributed by atoms with Crippen LogP contribution in [-0.2, 0) is 16.6 Å². The molecule has 3 nitrogen and oxygen atoms in total. The lowest BCUT2D eigenvalue weighted by Crippen LogP contribution is -2.55. The first-order valence-corrected chi connectivity index (χ1v) is 8.74. The molecule has 0 spiro atoms. The molecule has 0 aliphatic heterocycles. The van der Waals surface area contributed by atoms with Gasteiger partial charge in [-0.1, -0.05) is 33.8 Å². The van der Waals surface area contributed by atoms with Crippen LogP contribution in [0.4, 0.5) is 0 Å². The minimum absolute atomic E-state index is 0.0858. The van der Waals surface area contributed by atoms with E-state index in [4.69, 9.17) is 0 Å². The SMILES string of the molecule is CC(C)c1cc2c(cc1O)[C@@]1(C)CCC(=O)[C@](C)(CO)C1CC2. The fourth-order valence-corrected chi connectivity index (χ4v) is 5.04. The lowest BCUT2D eigenvalue weighted by Gasteiger charge is -2.54. The molecule has 0 bridgehead atoms. The van der Waals surface area contributed by atoms with Crippen LogP contribution >= 0.6 is 0 Å². The summed E-state index contributed by atoms with van der Waals surface area (Å²) >= 11 is 0. The molecule has 126 valence electrons. The summed E-state index contributed by atoms with van der Waals surface area (Å²) in [5.41, 5.74) is 2.69. The molecule has 2 aliphatic carbocycles. The summed E-state index contributed by atoms with van der Waals surface area (Å²) in [6.07, 6.45) is 3.16. The van der Waals surface area contributed by atoms with E-state index in [2.05, 4.69) is 26.8 Å². The van der Waals surface area contributed by atoms with Gasteiger partial charge in [-0.05, 0) is 59.3 Å². The van der Waals surface area contributed by atoms with Crippen molar-refractivity contribution in [2.45, 2.75) is 64.7 Å². The molecule has 0 saturated heterocycles. The van der Waals surface area contributed by atoms with E-state index in [0.29, 0.717) is 18.1 Å². The molecule has 0 aromatic heterocycles. The van der Waals surface area contributed by atoms with Gasteiger partial charge in [-0.3, -0.25) is 4.79 Å². The molecule has 0 heterocycles. The molecule has 1 saturated carbocycles. The van der Waals surface area contributed by atoms with Crippen molar-refractivity contribution < 1.29 is 15.0 Å². The Kier molecular flexibility index (Phi) is 3.83. The maximum Gasteiger partial charge on any atom is 0.141 e. The van der Waals surface area contributed by atoms with Crippen LogP contribution in [0.3, 0.4) is 0 Å². The first-order chi connectivity index (χ1) is 10.7. The van der Waals surface area contributed by atoms with E-state index in [1.165, 1.54) is 11.1 Å². The summed E-state index contributed by atoms with van der Waals surface area (Å²) in [5.74, 6) is 0.983. The number of Topliss-reactive ketones (excluding diaryl/α,β-unsaturated/α-hetero) is 1. The molecular formula is C20H28O3. The largest absolute Gasteiger partial charge is 0.508 e. The second-order valence-electron chi connectivity index (χ2n) is 8.23. The molecule has 2 aliphatic rings. The highest BCUT2D eigenvalue weighted by molar-refractivity contribution is 5.86. The molecule has 2 N–H and O–H groups in total. The Morgan fingerprint density at radius 3 is 2.57 bits per heavy atom. The molecule has 3 heteroatoms. The summed E-state index contributed by atoms with van der Waals surface area (Å²) in [6, 6.07) is 4.09. The second-order valence-corrected chi connectivity index (χ2v) is 8.23. The van der Waals surface area contributed by atoms with Crippen molar-refractivity contribution in [2.24, 2.45) is 11.3 Å². The molecular weight excluding hydrogens is 288 g/mol. The monoisotopic (exact) mass is 316 g/mol. The number of aromatic hydroxyl groups is 1. The van der Waals surface area contributed by atoms with Crippen molar-refractivity contribution in [1.29, 1.82) is 0 Å². The maximum atomic E-state index is 12.5. The predicted molar refractivity (Wildman–Crippen MR) is 90.8 cm³/mol. The Labute approximate surface area is 138 Å². The van der Waals surface area contributed by atoms with Gasteiger partial charge in [0.25, 0.3) is 0 Å². The third kappa shape index (κ3) is 2.24. The van der Waals surface area contributed by atoms with Crippen molar-refractivity contribution in [2.75, 3.05) is 6.61 Å². The average Bonchev–Trinajstić information content (AvgIpc) is 2.51. The Balaban J connectivity index is 2.13. The van der Waals surface area contributed by atoms with E-state index < -0.39 is 5.41 Å². The fourth-order valence-electron chi connectivity index (χ4n) is 5.04. The molecule has 0 radical (unpaired) electrons. The van der Waals surface area contributed by atoms with E-state index in [-0.39, 0.29) is 23.7 Å². The normalized spacial score (nSPS) is 33.5. The zero-order valence-corrected chi connectivity index (χ0v) is 14.6. The number of carbonyl (C=O) groups excluding carboxylic acids is 1. The number of phenols is 1. The van der Waals surface area contributed by atoms with Crippen LogP contribution in [0, 0.1) is 11.3 Å². The van der Waals surface area contributed by atoms with Crippen LogP contribution in [0.25, 0.3) is 0 Å².